The average Bonchev–Trinajstić information content (AvgIpc) is 1.69. The number of aliphatic carboxylic acids is 1. The topological polar surface area (TPSA) is 76.6 Å². The van der Waals surface area contributed by atoms with Gasteiger partial charge in [-0.3, -0.25) is 0 Å². The molecule has 4 N–H and O–H groups in total. The third-order valence-electron chi connectivity index (χ3n) is 0.992. The number of carboxylic acids is 1. The molecule has 0 aliphatic carbocycles. The lowest BCUT2D eigenvalue weighted by Gasteiger charge is -2.01. The Hall–Kier alpha value is -0.830. The molecule has 0 rings (SSSR count). The normalized spacial score (nSPS) is 10.2. The van der Waals surface area contributed by atoms with Crippen molar-refractivity contribution >= 4 is 5.97 Å². The number of carboxylic acid groups (broad SMARTS) is 1. The maximum absolute atomic E-state index is 9.98. The number of carbonyl (C=O) groups is 1. The van der Waals surface area contributed by atoms with Gasteiger partial charge in [-0.2, -0.15) is 0 Å². The summed E-state index contributed by atoms with van der Waals surface area (Å²) in [5.41, 5.74) is 0.366. The van der Waals surface area contributed by atoms with Crippen LogP contribution in [0.5, 0.6) is 0 Å². The fourth-order valence-electron chi connectivity index (χ4n) is 0.466. The van der Waals surface area contributed by atoms with Gasteiger partial charge < -0.3 is 16.1 Å². The zero-order valence-corrected chi connectivity index (χ0v) is 6.10. The van der Waals surface area contributed by atoms with Crippen molar-refractivity contribution in [2.75, 3.05) is 0 Å². The van der Waals surface area contributed by atoms with Crippen LogP contribution in [0.3, 0.4) is 0 Å². The smallest absolute Gasteiger partial charge is 0.0671 e. The molecule has 0 fully saturated rings. The Morgan fingerprint density at radius 3 is 2.11 bits per heavy atom. The van der Waals surface area contributed by atoms with Crippen molar-refractivity contribution in [2.24, 2.45) is 0 Å². The van der Waals surface area contributed by atoms with Gasteiger partial charge in [0.25, 0.3) is 0 Å². The van der Waals surface area contributed by atoms with Crippen LogP contribution in [0.1, 0.15) is 20.3 Å². The van der Waals surface area contributed by atoms with E-state index in [2.05, 4.69) is 0 Å². The SMILES string of the molecule is CC=C(CC)C(=O)[O-].[NH4+]. The van der Waals surface area contributed by atoms with Crippen molar-refractivity contribution in [3.05, 3.63) is 11.6 Å². The Labute approximate surface area is 55.0 Å². The van der Waals surface area contributed by atoms with E-state index in [1.54, 1.807) is 19.9 Å². The molecular formula is C6H13NO2. The van der Waals surface area contributed by atoms with Crippen LogP contribution in [0.2, 0.25) is 0 Å². The molecule has 0 aliphatic rings. The zero-order valence-electron chi connectivity index (χ0n) is 6.10. The maximum Gasteiger partial charge on any atom is 0.0671 e. The molecule has 0 aromatic heterocycles. The lowest BCUT2D eigenvalue weighted by atomic mass is 10.2. The van der Waals surface area contributed by atoms with E-state index in [1.165, 1.54) is 0 Å². The van der Waals surface area contributed by atoms with Gasteiger partial charge in [0.15, 0.2) is 0 Å². The Bertz CT molecular complexity index is 118. The van der Waals surface area contributed by atoms with Gasteiger partial charge in [-0.05, 0) is 18.9 Å². The highest BCUT2D eigenvalue weighted by atomic mass is 16.4. The lowest BCUT2D eigenvalue weighted by molar-refractivity contribution is -0.299. The first-order valence-electron chi connectivity index (χ1n) is 2.58. The molecule has 0 saturated heterocycles. The number of carbonyl (C=O) groups excluding carboxylic acids is 1. The molecule has 0 spiro atoms. The third-order valence-corrected chi connectivity index (χ3v) is 0.992. The van der Waals surface area contributed by atoms with Gasteiger partial charge in [0, 0.05) is 0 Å². The number of rotatable bonds is 2. The van der Waals surface area contributed by atoms with Crippen LogP contribution >= 0.6 is 0 Å². The van der Waals surface area contributed by atoms with Crippen LogP contribution in [0.15, 0.2) is 11.6 Å². The summed E-state index contributed by atoms with van der Waals surface area (Å²) in [6.07, 6.45) is 2.09. The second-order valence-corrected chi connectivity index (χ2v) is 1.45. The fourth-order valence-corrected chi connectivity index (χ4v) is 0.466. The highest BCUT2D eigenvalue weighted by Gasteiger charge is 1.88. The van der Waals surface area contributed by atoms with Crippen molar-refractivity contribution in [1.29, 1.82) is 0 Å². The molecule has 3 heteroatoms. The van der Waals surface area contributed by atoms with Gasteiger partial charge >= 0.3 is 0 Å². The van der Waals surface area contributed by atoms with E-state index in [9.17, 15) is 9.90 Å². The summed E-state index contributed by atoms with van der Waals surface area (Å²) in [4.78, 5) is 9.98. The molecular weight excluding hydrogens is 118 g/mol. The van der Waals surface area contributed by atoms with Crippen molar-refractivity contribution in [1.82, 2.24) is 6.15 Å². The summed E-state index contributed by atoms with van der Waals surface area (Å²) >= 11 is 0. The van der Waals surface area contributed by atoms with Gasteiger partial charge in [-0.25, -0.2) is 0 Å². The van der Waals surface area contributed by atoms with Crippen LogP contribution in [-0.2, 0) is 4.79 Å². The summed E-state index contributed by atoms with van der Waals surface area (Å²) in [6, 6.07) is 0. The molecule has 0 radical (unpaired) electrons. The Balaban J connectivity index is 0. The molecule has 0 saturated carbocycles. The minimum absolute atomic E-state index is 0. The van der Waals surface area contributed by atoms with E-state index in [1.807, 2.05) is 0 Å². The number of quaternary nitrogens is 1. The van der Waals surface area contributed by atoms with E-state index in [4.69, 9.17) is 0 Å². The van der Waals surface area contributed by atoms with E-state index in [-0.39, 0.29) is 6.15 Å². The Kier molecular flexibility index (Phi) is 6.51. The Morgan fingerprint density at radius 1 is 1.67 bits per heavy atom. The standard InChI is InChI=1S/C6H10O2.H3N/c1-3-5(4-2)6(7)8;/h3H,4H2,1-2H3,(H,7,8);1H3. The summed E-state index contributed by atoms with van der Waals surface area (Å²) in [5.74, 6) is -1.06. The first-order valence-corrected chi connectivity index (χ1v) is 2.58. The average molecular weight is 131 g/mol. The largest absolute Gasteiger partial charge is 0.545 e. The lowest BCUT2D eigenvalue weighted by Crippen LogP contribution is -2.23. The third kappa shape index (κ3) is 3.73. The summed E-state index contributed by atoms with van der Waals surface area (Å²) in [5, 5.41) is 9.98. The molecule has 0 amide bonds. The van der Waals surface area contributed by atoms with Gasteiger partial charge in [-0.1, -0.05) is 13.0 Å². The number of allylic oxidation sites excluding steroid dienone is 1. The quantitative estimate of drug-likeness (QED) is 0.553. The minimum Gasteiger partial charge on any atom is -0.545 e. The second kappa shape index (κ2) is 5.31. The van der Waals surface area contributed by atoms with Gasteiger partial charge in [0.2, 0.25) is 0 Å². The van der Waals surface area contributed by atoms with Crippen molar-refractivity contribution in [3.63, 3.8) is 0 Å². The van der Waals surface area contributed by atoms with Crippen LogP contribution in [0.4, 0.5) is 0 Å². The van der Waals surface area contributed by atoms with Gasteiger partial charge in [0.05, 0.1) is 5.97 Å². The Morgan fingerprint density at radius 2 is 2.11 bits per heavy atom. The predicted octanol–water partition coefficient (Wildman–Crippen LogP) is 0.469. The first kappa shape index (κ1) is 11.0. The highest BCUT2D eigenvalue weighted by Crippen LogP contribution is 1.95. The second-order valence-electron chi connectivity index (χ2n) is 1.45. The molecule has 0 heterocycles. The monoisotopic (exact) mass is 131 g/mol. The molecule has 0 aliphatic heterocycles. The summed E-state index contributed by atoms with van der Waals surface area (Å²) in [7, 11) is 0. The summed E-state index contributed by atoms with van der Waals surface area (Å²) < 4.78 is 0. The predicted molar refractivity (Wildman–Crippen MR) is 35.0 cm³/mol. The van der Waals surface area contributed by atoms with Crippen LogP contribution in [0.25, 0.3) is 0 Å². The van der Waals surface area contributed by atoms with Crippen LogP contribution in [0, 0.1) is 0 Å². The first-order chi connectivity index (χ1) is 3.72. The molecule has 0 atom stereocenters. The van der Waals surface area contributed by atoms with Crippen molar-refractivity contribution < 1.29 is 9.90 Å². The molecule has 9 heavy (non-hydrogen) atoms. The summed E-state index contributed by atoms with van der Waals surface area (Å²) in [6.45, 7) is 3.47. The molecule has 54 valence electrons. The number of hydrogen-bond donors (Lipinski definition) is 1. The van der Waals surface area contributed by atoms with E-state index >= 15 is 0 Å². The zero-order chi connectivity index (χ0) is 6.57. The van der Waals surface area contributed by atoms with Crippen LogP contribution < -0.4 is 11.3 Å². The molecule has 3 nitrogen and oxygen atoms in total. The number of hydrogen-bond acceptors (Lipinski definition) is 2. The highest BCUT2D eigenvalue weighted by molar-refractivity contribution is 5.84. The molecule has 0 aromatic carbocycles. The van der Waals surface area contributed by atoms with Crippen molar-refractivity contribution in [3.8, 4) is 0 Å². The van der Waals surface area contributed by atoms with Gasteiger partial charge in [-0.15, -0.1) is 0 Å². The van der Waals surface area contributed by atoms with E-state index in [0.717, 1.165) is 0 Å². The van der Waals surface area contributed by atoms with E-state index in [0.29, 0.717) is 12.0 Å². The van der Waals surface area contributed by atoms with E-state index < -0.39 is 5.97 Å². The molecule has 0 unspecified atom stereocenters. The molecule has 0 bridgehead atoms. The van der Waals surface area contributed by atoms with Crippen molar-refractivity contribution in [2.45, 2.75) is 20.3 Å². The minimum atomic E-state index is -1.06. The fraction of sp³-hybridized carbons (Fsp3) is 0.500. The van der Waals surface area contributed by atoms with Gasteiger partial charge in [0.1, 0.15) is 0 Å². The maximum atomic E-state index is 9.98. The van der Waals surface area contributed by atoms with Crippen LogP contribution in [-0.4, -0.2) is 5.97 Å². The molecule has 0 aromatic rings.